The minimum absolute atomic E-state index is 0.0773. The Hall–Kier alpha value is 0.0169. The van der Waals surface area contributed by atoms with Crippen LogP contribution in [0.4, 0.5) is 0 Å². The van der Waals surface area contributed by atoms with Crippen LogP contribution in [-0.2, 0) is 13.9 Å². The standard InChI is InChI=1S/C18H38O5Si/c1-8-24(9-2,10-3)23-18-13(5)16(20)15(19)12(4)17(14(18)6)22-11-21-7/h12-20H,8-11H2,1-7H3/t12-,13-,14+,15-,16?,17-,18-/m1/s1. The number of aliphatic hydroxyl groups excluding tert-OH is 2. The molecule has 0 bridgehead atoms. The summed E-state index contributed by atoms with van der Waals surface area (Å²) in [5, 5.41) is 21.2. The predicted molar refractivity (Wildman–Crippen MR) is 98.3 cm³/mol. The topological polar surface area (TPSA) is 68.2 Å². The Morgan fingerprint density at radius 3 is 1.67 bits per heavy atom. The van der Waals surface area contributed by atoms with Crippen molar-refractivity contribution in [2.45, 2.75) is 84.1 Å². The third kappa shape index (κ3) is 4.59. The van der Waals surface area contributed by atoms with Gasteiger partial charge in [0.2, 0.25) is 0 Å². The largest absolute Gasteiger partial charge is 0.413 e. The van der Waals surface area contributed by atoms with Gasteiger partial charge in [0.1, 0.15) is 6.79 Å². The van der Waals surface area contributed by atoms with E-state index in [1.807, 2.05) is 13.8 Å². The highest BCUT2D eigenvalue weighted by Crippen LogP contribution is 2.38. The summed E-state index contributed by atoms with van der Waals surface area (Å²) in [4.78, 5) is 0. The first-order valence-electron chi connectivity index (χ1n) is 9.42. The molecule has 0 heterocycles. The monoisotopic (exact) mass is 362 g/mol. The van der Waals surface area contributed by atoms with E-state index in [4.69, 9.17) is 13.9 Å². The molecule has 0 aromatic carbocycles. The van der Waals surface area contributed by atoms with E-state index in [9.17, 15) is 10.2 Å². The second kappa shape index (κ2) is 9.64. The molecule has 0 radical (unpaired) electrons. The summed E-state index contributed by atoms with van der Waals surface area (Å²) in [6.45, 7) is 12.8. The smallest absolute Gasteiger partial charge is 0.192 e. The van der Waals surface area contributed by atoms with Gasteiger partial charge in [-0.3, -0.25) is 0 Å². The zero-order valence-corrected chi connectivity index (χ0v) is 17.5. The molecule has 1 rings (SSSR count). The number of hydrogen-bond donors (Lipinski definition) is 2. The van der Waals surface area contributed by atoms with Crippen LogP contribution in [0.1, 0.15) is 41.5 Å². The van der Waals surface area contributed by atoms with E-state index in [-0.39, 0.29) is 36.8 Å². The van der Waals surface area contributed by atoms with Gasteiger partial charge in [0.25, 0.3) is 0 Å². The normalized spacial score (nSPS) is 38.1. The number of rotatable bonds is 8. The number of ether oxygens (including phenoxy) is 2. The highest BCUT2D eigenvalue weighted by molar-refractivity contribution is 6.73. The molecule has 1 aliphatic carbocycles. The average molecular weight is 363 g/mol. The van der Waals surface area contributed by atoms with Crippen molar-refractivity contribution in [1.82, 2.24) is 0 Å². The molecule has 0 aromatic rings. The molecule has 0 aromatic heterocycles. The molecular formula is C18H38O5Si. The fourth-order valence-corrected chi connectivity index (χ4v) is 7.12. The Morgan fingerprint density at radius 1 is 0.792 bits per heavy atom. The molecule has 0 amide bonds. The molecule has 0 aliphatic heterocycles. The first-order valence-corrected chi connectivity index (χ1v) is 12.0. The van der Waals surface area contributed by atoms with Gasteiger partial charge in [0.05, 0.1) is 24.4 Å². The Kier molecular flexibility index (Phi) is 8.86. The SMILES string of the molecule is CC[Si](CC)(CC)O[C@H]1[C@@H](C)[C@H](OCOC)[C@H](C)[C@@H](O)C(O)[C@H]1C. The molecule has 2 N–H and O–H groups in total. The summed E-state index contributed by atoms with van der Waals surface area (Å²) < 4.78 is 17.7. The fraction of sp³-hybridized carbons (Fsp3) is 1.00. The molecule has 6 heteroatoms. The van der Waals surface area contributed by atoms with Crippen molar-refractivity contribution >= 4 is 8.32 Å². The highest BCUT2D eigenvalue weighted by atomic mass is 28.4. The third-order valence-electron chi connectivity index (χ3n) is 6.20. The second-order valence-corrected chi connectivity index (χ2v) is 12.1. The lowest BCUT2D eigenvalue weighted by atomic mass is 9.88. The van der Waals surface area contributed by atoms with E-state index in [1.54, 1.807) is 7.11 Å². The van der Waals surface area contributed by atoms with Crippen LogP contribution in [0.5, 0.6) is 0 Å². The first-order chi connectivity index (χ1) is 11.3. The zero-order chi connectivity index (χ0) is 18.5. The van der Waals surface area contributed by atoms with Crippen molar-refractivity contribution in [3.63, 3.8) is 0 Å². The molecule has 1 saturated carbocycles. The van der Waals surface area contributed by atoms with Gasteiger partial charge in [-0.05, 0) is 18.1 Å². The van der Waals surface area contributed by atoms with Crippen molar-refractivity contribution in [1.29, 1.82) is 0 Å². The lowest BCUT2D eigenvalue weighted by molar-refractivity contribution is -0.134. The second-order valence-electron chi connectivity index (χ2n) is 7.42. The van der Waals surface area contributed by atoms with Crippen molar-refractivity contribution in [2.24, 2.45) is 17.8 Å². The van der Waals surface area contributed by atoms with Gasteiger partial charge in [-0.1, -0.05) is 41.5 Å². The van der Waals surface area contributed by atoms with Gasteiger partial charge in [-0.15, -0.1) is 0 Å². The van der Waals surface area contributed by atoms with Gasteiger partial charge in [-0.25, -0.2) is 0 Å². The third-order valence-corrected chi connectivity index (χ3v) is 10.8. The van der Waals surface area contributed by atoms with E-state index in [0.717, 1.165) is 18.1 Å². The minimum atomic E-state index is -1.82. The molecule has 1 aliphatic rings. The van der Waals surface area contributed by atoms with Crippen LogP contribution < -0.4 is 0 Å². The Morgan fingerprint density at radius 2 is 1.25 bits per heavy atom. The van der Waals surface area contributed by atoms with E-state index in [2.05, 4.69) is 27.7 Å². The van der Waals surface area contributed by atoms with Gasteiger partial charge in [0, 0.05) is 24.9 Å². The van der Waals surface area contributed by atoms with E-state index in [0.29, 0.717) is 0 Å². The average Bonchev–Trinajstić information content (AvgIpc) is 2.65. The molecule has 1 fully saturated rings. The molecule has 144 valence electrons. The van der Waals surface area contributed by atoms with Crippen LogP contribution >= 0.6 is 0 Å². The van der Waals surface area contributed by atoms with Crippen molar-refractivity contribution < 1.29 is 24.1 Å². The van der Waals surface area contributed by atoms with Crippen molar-refractivity contribution in [2.75, 3.05) is 13.9 Å². The maximum absolute atomic E-state index is 10.6. The first kappa shape index (κ1) is 22.1. The van der Waals surface area contributed by atoms with Crippen molar-refractivity contribution in [3.8, 4) is 0 Å². The van der Waals surface area contributed by atoms with Gasteiger partial charge >= 0.3 is 0 Å². The summed E-state index contributed by atoms with van der Waals surface area (Å²) in [5.41, 5.74) is 0. The minimum Gasteiger partial charge on any atom is -0.413 e. The van der Waals surface area contributed by atoms with Gasteiger partial charge in [0.15, 0.2) is 8.32 Å². The zero-order valence-electron chi connectivity index (χ0n) is 16.5. The number of hydrogen-bond acceptors (Lipinski definition) is 5. The van der Waals surface area contributed by atoms with Crippen LogP contribution in [0.2, 0.25) is 18.1 Å². The lowest BCUT2D eigenvalue weighted by Gasteiger charge is -2.40. The van der Waals surface area contributed by atoms with Crippen LogP contribution in [0.15, 0.2) is 0 Å². The summed E-state index contributed by atoms with van der Waals surface area (Å²) in [6, 6.07) is 3.19. The Bertz CT molecular complexity index is 355. The summed E-state index contributed by atoms with van der Waals surface area (Å²) >= 11 is 0. The van der Waals surface area contributed by atoms with Gasteiger partial charge in [-0.2, -0.15) is 0 Å². The molecule has 1 unspecified atom stereocenters. The van der Waals surface area contributed by atoms with Crippen molar-refractivity contribution in [3.05, 3.63) is 0 Å². The maximum Gasteiger partial charge on any atom is 0.192 e. The molecule has 5 nitrogen and oxygen atoms in total. The Labute approximate surface area is 148 Å². The lowest BCUT2D eigenvalue weighted by Crippen LogP contribution is -2.48. The maximum atomic E-state index is 10.6. The summed E-state index contributed by atoms with van der Waals surface area (Å²) in [5.74, 6) is -0.235. The molecule has 24 heavy (non-hydrogen) atoms. The van der Waals surface area contributed by atoms with Crippen LogP contribution in [-0.4, -0.2) is 56.8 Å². The fourth-order valence-electron chi connectivity index (χ4n) is 4.11. The highest BCUT2D eigenvalue weighted by Gasteiger charge is 2.48. The Balaban J connectivity index is 3.14. The molecule has 0 spiro atoms. The van der Waals surface area contributed by atoms with Gasteiger partial charge < -0.3 is 24.1 Å². The molecule has 7 atom stereocenters. The van der Waals surface area contributed by atoms with E-state index >= 15 is 0 Å². The quantitative estimate of drug-likeness (QED) is 0.395. The summed E-state index contributed by atoms with van der Waals surface area (Å²) in [6.07, 6.45) is -1.95. The summed E-state index contributed by atoms with van der Waals surface area (Å²) in [7, 11) is -0.230. The van der Waals surface area contributed by atoms with Crippen LogP contribution in [0, 0.1) is 17.8 Å². The predicted octanol–water partition coefficient (Wildman–Crippen LogP) is 3.01. The van der Waals surface area contributed by atoms with Crippen LogP contribution in [0.25, 0.3) is 0 Å². The molecular weight excluding hydrogens is 324 g/mol. The number of aliphatic hydroxyl groups is 2. The van der Waals surface area contributed by atoms with E-state index < -0.39 is 20.5 Å². The van der Waals surface area contributed by atoms with E-state index in [1.165, 1.54) is 0 Å². The number of methoxy groups -OCH3 is 1. The van der Waals surface area contributed by atoms with Crippen LogP contribution in [0.3, 0.4) is 0 Å². The molecule has 0 saturated heterocycles.